The predicted molar refractivity (Wildman–Crippen MR) is 80.3 cm³/mol. The van der Waals surface area contributed by atoms with Crippen molar-refractivity contribution in [2.24, 2.45) is 0 Å². The van der Waals surface area contributed by atoms with E-state index in [-0.39, 0.29) is 0 Å². The maximum atomic E-state index is 5.22. The molecule has 0 aliphatic carbocycles. The number of aryl methyl sites for hydroxylation is 1. The number of hydrogen-bond acceptors (Lipinski definition) is 6. The average Bonchev–Trinajstić information content (AvgIpc) is 3.01. The summed E-state index contributed by atoms with van der Waals surface area (Å²) in [6, 6.07) is 5.92. The first kappa shape index (κ1) is 12.4. The monoisotopic (exact) mass is 291 g/mol. The minimum Gasteiger partial charge on any atom is -0.497 e. The second-order valence-corrected chi connectivity index (χ2v) is 6.40. The maximum Gasteiger partial charge on any atom is 0.184 e. The summed E-state index contributed by atoms with van der Waals surface area (Å²) in [5, 5.41) is 5.35. The van der Waals surface area contributed by atoms with Crippen LogP contribution in [0.25, 0.3) is 10.2 Å². The zero-order chi connectivity index (χ0) is 13.2. The third kappa shape index (κ3) is 2.69. The van der Waals surface area contributed by atoms with Gasteiger partial charge in [-0.25, -0.2) is 9.97 Å². The van der Waals surface area contributed by atoms with Gasteiger partial charge in [0.05, 0.1) is 28.9 Å². The van der Waals surface area contributed by atoms with E-state index in [0.717, 1.165) is 32.7 Å². The van der Waals surface area contributed by atoms with Gasteiger partial charge in [0.1, 0.15) is 5.75 Å². The summed E-state index contributed by atoms with van der Waals surface area (Å²) in [4.78, 5) is 10.0. The molecular weight excluding hydrogens is 278 g/mol. The quantitative estimate of drug-likeness (QED) is 0.796. The molecule has 4 nitrogen and oxygen atoms in total. The van der Waals surface area contributed by atoms with Crippen molar-refractivity contribution < 1.29 is 4.74 Å². The van der Waals surface area contributed by atoms with Crippen LogP contribution in [0.1, 0.15) is 9.88 Å². The molecule has 0 aliphatic heterocycles. The van der Waals surface area contributed by atoms with Crippen LogP contribution in [0.4, 0.5) is 5.13 Å². The van der Waals surface area contributed by atoms with Crippen LogP contribution in [0.2, 0.25) is 0 Å². The second-order valence-electron chi connectivity index (χ2n) is 4.05. The number of anilines is 1. The molecule has 0 atom stereocenters. The molecule has 6 heteroatoms. The molecule has 0 aliphatic rings. The Morgan fingerprint density at radius 1 is 1.32 bits per heavy atom. The standard InChI is InChI=1S/C13H13N3OS2/c1-8-14-6-10(18-8)7-15-13-16-11-4-3-9(17-2)5-12(11)19-13/h3-6H,7H2,1-2H3,(H,15,16). The molecule has 98 valence electrons. The first-order valence-electron chi connectivity index (χ1n) is 5.84. The van der Waals surface area contributed by atoms with E-state index in [9.17, 15) is 0 Å². The van der Waals surface area contributed by atoms with Gasteiger partial charge in [0.25, 0.3) is 0 Å². The smallest absolute Gasteiger partial charge is 0.184 e. The van der Waals surface area contributed by atoms with Crippen LogP contribution in [0.5, 0.6) is 5.75 Å². The summed E-state index contributed by atoms with van der Waals surface area (Å²) in [6.45, 7) is 2.78. The highest BCUT2D eigenvalue weighted by Crippen LogP contribution is 2.29. The SMILES string of the molecule is COc1ccc2nc(NCc3cnc(C)s3)sc2c1. The average molecular weight is 291 g/mol. The fourth-order valence-corrected chi connectivity index (χ4v) is 3.38. The van der Waals surface area contributed by atoms with Gasteiger partial charge in [0.2, 0.25) is 0 Å². The summed E-state index contributed by atoms with van der Waals surface area (Å²) < 4.78 is 6.34. The van der Waals surface area contributed by atoms with Crippen LogP contribution in [-0.2, 0) is 6.54 Å². The molecular formula is C13H13N3OS2. The highest BCUT2D eigenvalue weighted by molar-refractivity contribution is 7.22. The van der Waals surface area contributed by atoms with Crippen molar-refractivity contribution in [2.75, 3.05) is 12.4 Å². The summed E-state index contributed by atoms with van der Waals surface area (Å²) in [6.07, 6.45) is 1.91. The lowest BCUT2D eigenvalue weighted by Crippen LogP contribution is -1.96. The molecule has 0 spiro atoms. The van der Waals surface area contributed by atoms with E-state index in [1.165, 1.54) is 4.88 Å². The fraction of sp³-hybridized carbons (Fsp3) is 0.231. The Bertz CT molecular complexity index is 705. The molecule has 3 aromatic rings. The highest BCUT2D eigenvalue weighted by Gasteiger charge is 2.05. The highest BCUT2D eigenvalue weighted by atomic mass is 32.1. The molecule has 2 aromatic heterocycles. The predicted octanol–water partition coefficient (Wildman–Crippen LogP) is 3.68. The molecule has 0 amide bonds. The van der Waals surface area contributed by atoms with Gasteiger partial charge in [-0.3, -0.25) is 0 Å². The number of ether oxygens (including phenoxy) is 1. The molecule has 0 fully saturated rings. The molecule has 3 rings (SSSR count). The van der Waals surface area contributed by atoms with Gasteiger partial charge in [0.15, 0.2) is 5.13 Å². The number of nitrogens with zero attached hydrogens (tertiary/aromatic N) is 2. The molecule has 0 radical (unpaired) electrons. The molecule has 0 saturated heterocycles. The van der Waals surface area contributed by atoms with Gasteiger partial charge < -0.3 is 10.1 Å². The first-order valence-corrected chi connectivity index (χ1v) is 7.47. The fourth-order valence-electron chi connectivity index (χ4n) is 1.76. The summed E-state index contributed by atoms with van der Waals surface area (Å²) in [5.74, 6) is 0.862. The van der Waals surface area contributed by atoms with Crippen molar-refractivity contribution in [1.82, 2.24) is 9.97 Å². The summed E-state index contributed by atoms with van der Waals surface area (Å²) >= 11 is 3.34. The van der Waals surface area contributed by atoms with Gasteiger partial charge >= 0.3 is 0 Å². The Balaban J connectivity index is 1.77. The van der Waals surface area contributed by atoms with Crippen molar-refractivity contribution in [3.05, 3.63) is 34.3 Å². The lowest BCUT2D eigenvalue weighted by Gasteiger charge is -1.97. The van der Waals surface area contributed by atoms with Gasteiger partial charge in [-0.1, -0.05) is 11.3 Å². The van der Waals surface area contributed by atoms with Gasteiger partial charge in [-0.2, -0.15) is 0 Å². The Morgan fingerprint density at radius 2 is 2.21 bits per heavy atom. The minimum atomic E-state index is 0.766. The Labute approximate surface area is 119 Å². The van der Waals surface area contributed by atoms with E-state index in [0.29, 0.717) is 0 Å². The van der Waals surface area contributed by atoms with Crippen LogP contribution in [0, 0.1) is 6.92 Å². The number of methoxy groups -OCH3 is 1. The van der Waals surface area contributed by atoms with E-state index < -0.39 is 0 Å². The van der Waals surface area contributed by atoms with E-state index in [2.05, 4.69) is 15.3 Å². The Hall–Kier alpha value is -1.66. The van der Waals surface area contributed by atoms with Crippen LogP contribution >= 0.6 is 22.7 Å². The van der Waals surface area contributed by atoms with Crippen molar-refractivity contribution in [1.29, 1.82) is 0 Å². The van der Waals surface area contributed by atoms with Gasteiger partial charge in [-0.15, -0.1) is 11.3 Å². The lowest BCUT2D eigenvalue weighted by atomic mass is 10.3. The van der Waals surface area contributed by atoms with Crippen molar-refractivity contribution in [3.8, 4) is 5.75 Å². The zero-order valence-corrected chi connectivity index (χ0v) is 12.3. The molecule has 0 unspecified atom stereocenters. The maximum absolute atomic E-state index is 5.22. The number of fused-ring (bicyclic) bond motifs is 1. The van der Waals surface area contributed by atoms with E-state index in [4.69, 9.17) is 4.74 Å². The van der Waals surface area contributed by atoms with Gasteiger partial charge in [-0.05, 0) is 25.1 Å². The normalized spacial score (nSPS) is 10.8. The van der Waals surface area contributed by atoms with E-state index in [1.807, 2.05) is 31.3 Å². The summed E-state index contributed by atoms with van der Waals surface area (Å²) in [5.41, 5.74) is 0.994. The van der Waals surface area contributed by atoms with Crippen molar-refractivity contribution in [3.63, 3.8) is 0 Å². The minimum absolute atomic E-state index is 0.766. The zero-order valence-electron chi connectivity index (χ0n) is 10.6. The largest absolute Gasteiger partial charge is 0.497 e. The number of thiazole rings is 2. The van der Waals surface area contributed by atoms with E-state index >= 15 is 0 Å². The van der Waals surface area contributed by atoms with Gasteiger partial charge in [0, 0.05) is 11.1 Å². The number of rotatable bonds is 4. The lowest BCUT2D eigenvalue weighted by molar-refractivity contribution is 0.415. The Kier molecular flexibility index (Phi) is 3.35. The first-order chi connectivity index (χ1) is 9.24. The topological polar surface area (TPSA) is 47.0 Å². The molecule has 0 bridgehead atoms. The third-order valence-corrected chi connectivity index (χ3v) is 4.57. The van der Waals surface area contributed by atoms with Crippen LogP contribution in [0.3, 0.4) is 0 Å². The molecule has 1 aromatic carbocycles. The molecule has 2 heterocycles. The third-order valence-electron chi connectivity index (χ3n) is 2.68. The van der Waals surface area contributed by atoms with Crippen LogP contribution in [-0.4, -0.2) is 17.1 Å². The van der Waals surface area contributed by atoms with Crippen LogP contribution < -0.4 is 10.1 Å². The van der Waals surface area contributed by atoms with Crippen LogP contribution in [0.15, 0.2) is 24.4 Å². The second kappa shape index (κ2) is 5.14. The van der Waals surface area contributed by atoms with Crippen molar-refractivity contribution in [2.45, 2.75) is 13.5 Å². The molecule has 0 saturated carbocycles. The number of hydrogen-bond donors (Lipinski definition) is 1. The number of benzene rings is 1. The number of aromatic nitrogens is 2. The Morgan fingerprint density at radius 3 is 2.95 bits per heavy atom. The number of nitrogens with one attached hydrogen (secondary N) is 1. The van der Waals surface area contributed by atoms with Crippen molar-refractivity contribution >= 4 is 38.0 Å². The molecule has 1 N–H and O–H groups in total. The van der Waals surface area contributed by atoms with E-state index in [1.54, 1.807) is 29.8 Å². The summed E-state index contributed by atoms with van der Waals surface area (Å²) in [7, 11) is 1.67. The molecule has 19 heavy (non-hydrogen) atoms.